The molecule has 2 aromatic rings. The fraction of sp³-hybridized carbons (Fsp3) is 0.412. The second-order valence-electron chi connectivity index (χ2n) is 5.61. The quantitative estimate of drug-likeness (QED) is 0.796. The maximum absolute atomic E-state index is 5.96. The lowest BCUT2D eigenvalue weighted by Crippen LogP contribution is -2.11. The van der Waals surface area contributed by atoms with Crippen LogP contribution in [0.15, 0.2) is 30.3 Å². The Morgan fingerprint density at radius 1 is 1.14 bits per heavy atom. The summed E-state index contributed by atoms with van der Waals surface area (Å²) < 4.78 is 0. The predicted molar refractivity (Wildman–Crippen MR) is 88.5 cm³/mol. The van der Waals surface area contributed by atoms with Gasteiger partial charge in [0.15, 0.2) is 0 Å². The number of aryl methyl sites for hydroxylation is 1. The van der Waals surface area contributed by atoms with Gasteiger partial charge in [-0.3, -0.25) is 0 Å². The van der Waals surface area contributed by atoms with Gasteiger partial charge in [0.2, 0.25) is 0 Å². The Kier molecular flexibility index (Phi) is 5.14. The van der Waals surface area contributed by atoms with E-state index in [0.717, 1.165) is 36.6 Å². The number of benzene rings is 1. The Labute approximate surface area is 126 Å². The molecule has 0 amide bonds. The number of rotatable bonds is 6. The third-order valence-corrected chi connectivity index (χ3v) is 3.49. The van der Waals surface area contributed by atoms with Crippen LogP contribution in [0.4, 0.5) is 11.6 Å². The van der Waals surface area contributed by atoms with E-state index in [-0.39, 0.29) is 5.92 Å². The zero-order chi connectivity index (χ0) is 15.2. The highest BCUT2D eigenvalue weighted by Gasteiger charge is 2.10. The minimum absolute atomic E-state index is 0.276. The third kappa shape index (κ3) is 4.18. The van der Waals surface area contributed by atoms with Crippen molar-refractivity contribution in [1.82, 2.24) is 9.97 Å². The van der Waals surface area contributed by atoms with Crippen LogP contribution >= 0.6 is 0 Å². The molecule has 0 saturated heterocycles. The van der Waals surface area contributed by atoms with Crippen LogP contribution in [-0.2, 0) is 6.42 Å². The molecule has 0 aliphatic heterocycles. The monoisotopic (exact) mass is 284 g/mol. The summed E-state index contributed by atoms with van der Waals surface area (Å²) in [5.41, 5.74) is 8.26. The first-order valence-corrected chi connectivity index (χ1v) is 7.49. The van der Waals surface area contributed by atoms with Crippen LogP contribution in [-0.4, -0.2) is 16.5 Å². The summed E-state index contributed by atoms with van der Waals surface area (Å²) in [6, 6.07) is 10.5. The summed E-state index contributed by atoms with van der Waals surface area (Å²) >= 11 is 0. The van der Waals surface area contributed by atoms with Crippen molar-refractivity contribution in [2.75, 3.05) is 17.6 Å². The Morgan fingerprint density at radius 3 is 2.52 bits per heavy atom. The molecule has 0 spiro atoms. The van der Waals surface area contributed by atoms with E-state index < -0.39 is 0 Å². The fourth-order valence-corrected chi connectivity index (χ4v) is 2.13. The van der Waals surface area contributed by atoms with Gasteiger partial charge in [-0.15, -0.1) is 0 Å². The first-order valence-electron chi connectivity index (χ1n) is 7.49. The number of nitrogens with zero attached hydrogens (tertiary/aromatic N) is 2. The minimum Gasteiger partial charge on any atom is -0.383 e. The Balaban J connectivity index is 1.93. The van der Waals surface area contributed by atoms with E-state index >= 15 is 0 Å². The van der Waals surface area contributed by atoms with Gasteiger partial charge in [-0.05, 0) is 25.3 Å². The van der Waals surface area contributed by atoms with Crippen LogP contribution in [0.25, 0.3) is 0 Å². The molecule has 3 N–H and O–H groups in total. The minimum atomic E-state index is 0.276. The lowest BCUT2D eigenvalue weighted by atomic mass is 10.1. The highest BCUT2D eigenvalue weighted by molar-refractivity contribution is 5.54. The number of nitrogens with two attached hydrogens (primary N) is 1. The molecule has 1 aromatic heterocycles. The van der Waals surface area contributed by atoms with Gasteiger partial charge >= 0.3 is 0 Å². The first-order chi connectivity index (χ1) is 10.1. The van der Waals surface area contributed by atoms with Crippen molar-refractivity contribution in [3.05, 3.63) is 47.3 Å². The maximum Gasteiger partial charge on any atom is 0.135 e. The highest BCUT2D eigenvalue weighted by atomic mass is 15.1. The number of nitrogens with one attached hydrogen (secondary N) is 1. The van der Waals surface area contributed by atoms with E-state index in [4.69, 9.17) is 5.73 Å². The summed E-state index contributed by atoms with van der Waals surface area (Å²) in [6.07, 6.45) is 2.12. The molecule has 112 valence electrons. The lowest BCUT2D eigenvalue weighted by Gasteiger charge is -2.13. The van der Waals surface area contributed by atoms with E-state index in [0.29, 0.717) is 5.82 Å². The van der Waals surface area contributed by atoms with Crippen molar-refractivity contribution < 1.29 is 0 Å². The molecule has 4 nitrogen and oxygen atoms in total. The molecule has 0 bridgehead atoms. The number of hydrogen-bond donors (Lipinski definition) is 2. The largest absolute Gasteiger partial charge is 0.383 e. The lowest BCUT2D eigenvalue weighted by molar-refractivity contribution is 0.771. The van der Waals surface area contributed by atoms with Gasteiger partial charge < -0.3 is 11.1 Å². The molecular weight excluding hydrogens is 260 g/mol. The van der Waals surface area contributed by atoms with Crippen LogP contribution in [0.3, 0.4) is 0 Å². The first kappa shape index (κ1) is 15.3. The molecule has 21 heavy (non-hydrogen) atoms. The summed E-state index contributed by atoms with van der Waals surface area (Å²) in [6.45, 7) is 6.98. The standard InChI is InChI=1S/C17H24N4/c1-12(2)16-20-15(18)13(3)17(21-16)19-11-7-10-14-8-5-4-6-9-14/h4-6,8-9,12H,7,10-11H2,1-3H3,(H3,18,19,20,21). The Hall–Kier alpha value is -2.10. The fourth-order valence-electron chi connectivity index (χ4n) is 2.13. The van der Waals surface area contributed by atoms with E-state index in [1.165, 1.54) is 5.56 Å². The normalized spacial score (nSPS) is 10.9. The third-order valence-electron chi connectivity index (χ3n) is 3.49. The van der Waals surface area contributed by atoms with Crippen LogP contribution in [0, 0.1) is 6.92 Å². The van der Waals surface area contributed by atoms with E-state index in [1.54, 1.807) is 0 Å². The second kappa shape index (κ2) is 7.07. The van der Waals surface area contributed by atoms with Crippen LogP contribution in [0.2, 0.25) is 0 Å². The Bertz CT molecular complexity index is 579. The van der Waals surface area contributed by atoms with Crippen molar-refractivity contribution in [3.8, 4) is 0 Å². The number of anilines is 2. The van der Waals surface area contributed by atoms with Gasteiger partial charge in [0.05, 0.1) is 0 Å². The van der Waals surface area contributed by atoms with Crippen LogP contribution in [0.5, 0.6) is 0 Å². The molecule has 2 rings (SSSR count). The summed E-state index contributed by atoms with van der Waals surface area (Å²) in [5.74, 6) is 2.50. The van der Waals surface area contributed by atoms with Crippen molar-refractivity contribution in [2.24, 2.45) is 0 Å². The van der Waals surface area contributed by atoms with E-state index in [9.17, 15) is 0 Å². The van der Waals surface area contributed by atoms with Crippen molar-refractivity contribution >= 4 is 11.6 Å². The molecule has 4 heteroatoms. The summed E-state index contributed by atoms with van der Waals surface area (Å²) in [5, 5.41) is 3.39. The highest BCUT2D eigenvalue weighted by Crippen LogP contribution is 2.20. The van der Waals surface area contributed by atoms with Crippen molar-refractivity contribution in [1.29, 1.82) is 0 Å². The van der Waals surface area contributed by atoms with Gasteiger partial charge in [0, 0.05) is 18.0 Å². The van der Waals surface area contributed by atoms with Crippen LogP contribution in [0.1, 0.15) is 43.1 Å². The molecule has 0 atom stereocenters. The summed E-state index contributed by atoms with van der Waals surface area (Å²) in [7, 11) is 0. The average molecular weight is 284 g/mol. The molecule has 1 aromatic carbocycles. The second-order valence-corrected chi connectivity index (χ2v) is 5.61. The number of nitrogen functional groups attached to an aromatic ring is 1. The molecule has 1 heterocycles. The zero-order valence-electron chi connectivity index (χ0n) is 13.1. The Morgan fingerprint density at radius 2 is 1.86 bits per heavy atom. The molecule has 0 saturated carbocycles. The zero-order valence-corrected chi connectivity index (χ0v) is 13.1. The van der Waals surface area contributed by atoms with Gasteiger partial charge in [0.25, 0.3) is 0 Å². The molecule has 0 unspecified atom stereocenters. The van der Waals surface area contributed by atoms with Gasteiger partial charge in [0.1, 0.15) is 17.5 Å². The van der Waals surface area contributed by atoms with E-state index in [1.807, 2.05) is 13.0 Å². The number of aromatic nitrogens is 2. The smallest absolute Gasteiger partial charge is 0.135 e. The topological polar surface area (TPSA) is 63.8 Å². The predicted octanol–water partition coefficient (Wildman–Crippen LogP) is 3.54. The average Bonchev–Trinajstić information content (AvgIpc) is 2.48. The molecule has 0 aliphatic carbocycles. The maximum atomic E-state index is 5.96. The van der Waals surface area contributed by atoms with Gasteiger partial charge in [-0.25, -0.2) is 9.97 Å². The molecule has 0 fully saturated rings. The van der Waals surface area contributed by atoms with Gasteiger partial charge in [-0.2, -0.15) is 0 Å². The molecule has 0 aliphatic rings. The van der Waals surface area contributed by atoms with E-state index in [2.05, 4.69) is 53.4 Å². The van der Waals surface area contributed by atoms with Crippen LogP contribution < -0.4 is 11.1 Å². The van der Waals surface area contributed by atoms with Gasteiger partial charge in [-0.1, -0.05) is 44.2 Å². The summed E-state index contributed by atoms with van der Waals surface area (Å²) in [4.78, 5) is 8.91. The van der Waals surface area contributed by atoms with Crippen molar-refractivity contribution in [2.45, 2.75) is 39.5 Å². The molecular formula is C17H24N4. The SMILES string of the molecule is Cc1c(N)nc(C(C)C)nc1NCCCc1ccccc1. The number of hydrogen-bond acceptors (Lipinski definition) is 4. The van der Waals surface area contributed by atoms with Crippen molar-refractivity contribution in [3.63, 3.8) is 0 Å². The molecule has 0 radical (unpaired) electrons.